The Labute approximate surface area is 91.9 Å². The molecule has 0 aliphatic heterocycles. The molecule has 3 heteroatoms. The molecule has 1 aromatic rings. The highest BCUT2D eigenvalue weighted by molar-refractivity contribution is 5.32. The number of aryl methyl sites for hydroxylation is 1. The SMILES string of the molecule is CCC(CC)n1cc(C)nc1NC1CC1. The maximum absolute atomic E-state index is 4.56. The van der Waals surface area contributed by atoms with E-state index in [0.29, 0.717) is 12.1 Å². The minimum absolute atomic E-state index is 0.590. The zero-order valence-corrected chi connectivity index (χ0v) is 9.95. The van der Waals surface area contributed by atoms with E-state index in [0.717, 1.165) is 11.6 Å². The van der Waals surface area contributed by atoms with Gasteiger partial charge < -0.3 is 9.88 Å². The Kier molecular flexibility index (Phi) is 2.98. The highest BCUT2D eigenvalue weighted by atomic mass is 15.2. The molecule has 2 rings (SSSR count). The third-order valence-corrected chi connectivity index (χ3v) is 3.10. The van der Waals surface area contributed by atoms with Gasteiger partial charge in [0.25, 0.3) is 0 Å². The molecule has 3 nitrogen and oxygen atoms in total. The number of rotatable bonds is 5. The summed E-state index contributed by atoms with van der Waals surface area (Å²) in [6, 6.07) is 1.27. The second-order valence-corrected chi connectivity index (χ2v) is 4.50. The molecule has 0 spiro atoms. The lowest BCUT2D eigenvalue weighted by atomic mass is 10.2. The van der Waals surface area contributed by atoms with Crippen molar-refractivity contribution in [3.8, 4) is 0 Å². The van der Waals surface area contributed by atoms with E-state index in [-0.39, 0.29) is 0 Å². The molecule has 0 saturated heterocycles. The third-order valence-electron chi connectivity index (χ3n) is 3.10. The smallest absolute Gasteiger partial charge is 0.203 e. The van der Waals surface area contributed by atoms with Crippen LogP contribution >= 0.6 is 0 Å². The number of aromatic nitrogens is 2. The fraction of sp³-hybridized carbons (Fsp3) is 0.750. The molecule has 1 aliphatic rings. The summed E-state index contributed by atoms with van der Waals surface area (Å²) in [7, 11) is 0. The molecule has 1 fully saturated rings. The highest BCUT2D eigenvalue weighted by Crippen LogP contribution is 2.27. The van der Waals surface area contributed by atoms with Gasteiger partial charge in [-0.15, -0.1) is 0 Å². The zero-order chi connectivity index (χ0) is 10.8. The van der Waals surface area contributed by atoms with Gasteiger partial charge in [-0.3, -0.25) is 0 Å². The normalized spacial score (nSPS) is 16.0. The molecule has 0 bridgehead atoms. The molecule has 1 saturated carbocycles. The summed E-state index contributed by atoms with van der Waals surface area (Å²) in [5, 5.41) is 3.51. The van der Waals surface area contributed by atoms with Gasteiger partial charge in [-0.1, -0.05) is 13.8 Å². The molecule has 1 N–H and O–H groups in total. The average molecular weight is 207 g/mol. The Balaban J connectivity index is 2.18. The second-order valence-electron chi connectivity index (χ2n) is 4.50. The van der Waals surface area contributed by atoms with Gasteiger partial charge in [-0.05, 0) is 32.6 Å². The number of hydrogen-bond acceptors (Lipinski definition) is 2. The molecule has 0 atom stereocenters. The van der Waals surface area contributed by atoms with Crippen molar-refractivity contribution in [2.24, 2.45) is 0 Å². The van der Waals surface area contributed by atoms with E-state index in [2.05, 4.69) is 41.8 Å². The quantitative estimate of drug-likeness (QED) is 0.804. The average Bonchev–Trinajstić information content (AvgIpc) is 2.94. The Hall–Kier alpha value is -0.990. The number of hydrogen-bond donors (Lipinski definition) is 1. The molecular weight excluding hydrogens is 186 g/mol. The van der Waals surface area contributed by atoms with E-state index < -0.39 is 0 Å². The van der Waals surface area contributed by atoms with Crippen molar-refractivity contribution in [1.82, 2.24) is 9.55 Å². The lowest BCUT2D eigenvalue weighted by molar-refractivity contribution is 0.475. The van der Waals surface area contributed by atoms with Crippen molar-refractivity contribution < 1.29 is 0 Å². The Morgan fingerprint density at radius 1 is 1.47 bits per heavy atom. The molecule has 0 amide bonds. The fourth-order valence-electron chi connectivity index (χ4n) is 1.99. The van der Waals surface area contributed by atoms with Gasteiger partial charge in [0.15, 0.2) is 0 Å². The Morgan fingerprint density at radius 2 is 2.13 bits per heavy atom. The summed E-state index contributed by atoms with van der Waals surface area (Å²) in [4.78, 5) is 4.56. The first-order valence-corrected chi connectivity index (χ1v) is 6.06. The number of nitrogens with zero attached hydrogens (tertiary/aromatic N) is 2. The van der Waals surface area contributed by atoms with E-state index in [4.69, 9.17) is 0 Å². The van der Waals surface area contributed by atoms with Crippen LogP contribution < -0.4 is 5.32 Å². The summed E-state index contributed by atoms with van der Waals surface area (Å²) in [5.41, 5.74) is 1.12. The van der Waals surface area contributed by atoms with Crippen molar-refractivity contribution >= 4 is 5.95 Å². The zero-order valence-electron chi connectivity index (χ0n) is 9.95. The van der Waals surface area contributed by atoms with Crippen LogP contribution in [-0.2, 0) is 0 Å². The highest BCUT2D eigenvalue weighted by Gasteiger charge is 2.24. The Bertz CT molecular complexity index is 322. The molecule has 0 aromatic carbocycles. The standard InChI is InChI=1S/C12H21N3/c1-4-11(5-2)15-8-9(3)13-12(15)14-10-6-7-10/h8,10-11H,4-7H2,1-3H3,(H,13,14). The van der Waals surface area contributed by atoms with Crippen LogP contribution in [0.25, 0.3) is 0 Å². The lowest BCUT2D eigenvalue weighted by Gasteiger charge is -2.17. The molecular formula is C12H21N3. The summed E-state index contributed by atoms with van der Waals surface area (Å²) in [6.07, 6.45) is 7.11. The lowest BCUT2D eigenvalue weighted by Crippen LogP contribution is -2.13. The predicted octanol–water partition coefficient (Wildman–Crippen LogP) is 3.13. The maximum Gasteiger partial charge on any atom is 0.203 e. The maximum atomic E-state index is 4.56. The van der Waals surface area contributed by atoms with Crippen molar-refractivity contribution in [2.45, 2.75) is 58.5 Å². The van der Waals surface area contributed by atoms with Crippen molar-refractivity contribution in [3.05, 3.63) is 11.9 Å². The summed E-state index contributed by atoms with van der Waals surface area (Å²) in [6.45, 7) is 6.55. The van der Waals surface area contributed by atoms with E-state index in [1.54, 1.807) is 0 Å². The summed E-state index contributed by atoms with van der Waals surface area (Å²) < 4.78 is 2.31. The van der Waals surface area contributed by atoms with Crippen molar-refractivity contribution in [2.75, 3.05) is 5.32 Å². The molecule has 15 heavy (non-hydrogen) atoms. The van der Waals surface area contributed by atoms with Crippen LogP contribution in [0.15, 0.2) is 6.20 Å². The van der Waals surface area contributed by atoms with E-state index in [9.17, 15) is 0 Å². The van der Waals surface area contributed by atoms with Crippen LogP contribution in [0, 0.1) is 6.92 Å². The minimum Gasteiger partial charge on any atom is -0.353 e. The third kappa shape index (κ3) is 2.33. The minimum atomic E-state index is 0.590. The molecule has 84 valence electrons. The van der Waals surface area contributed by atoms with Gasteiger partial charge in [-0.2, -0.15) is 0 Å². The topological polar surface area (TPSA) is 29.9 Å². The number of anilines is 1. The molecule has 1 aromatic heterocycles. The Morgan fingerprint density at radius 3 is 2.67 bits per heavy atom. The molecule has 0 unspecified atom stereocenters. The van der Waals surface area contributed by atoms with Crippen LogP contribution in [0.3, 0.4) is 0 Å². The molecule has 0 radical (unpaired) electrons. The van der Waals surface area contributed by atoms with E-state index in [1.165, 1.54) is 25.7 Å². The van der Waals surface area contributed by atoms with Gasteiger partial charge >= 0.3 is 0 Å². The first-order chi connectivity index (χ1) is 7.24. The van der Waals surface area contributed by atoms with Crippen LogP contribution in [0.5, 0.6) is 0 Å². The van der Waals surface area contributed by atoms with Crippen molar-refractivity contribution in [3.63, 3.8) is 0 Å². The molecule has 1 heterocycles. The predicted molar refractivity (Wildman–Crippen MR) is 63.2 cm³/mol. The first-order valence-electron chi connectivity index (χ1n) is 6.06. The second kappa shape index (κ2) is 4.25. The summed E-state index contributed by atoms with van der Waals surface area (Å²) in [5.74, 6) is 1.07. The van der Waals surface area contributed by atoms with E-state index >= 15 is 0 Å². The van der Waals surface area contributed by atoms with Crippen LogP contribution in [-0.4, -0.2) is 15.6 Å². The molecule has 1 aliphatic carbocycles. The van der Waals surface area contributed by atoms with Crippen molar-refractivity contribution in [1.29, 1.82) is 0 Å². The summed E-state index contributed by atoms with van der Waals surface area (Å²) >= 11 is 0. The van der Waals surface area contributed by atoms with Crippen LogP contribution in [0.2, 0.25) is 0 Å². The van der Waals surface area contributed by atoms with Crippen LogP contribution in [0.1, 0.15) is 51.3 Å². The van der Waals surface area contributed by atoms with Gasteiger partial charge in [-0.25, -0.2) is 4.98 Å². The van der Waals surface area contributed by atoms with Gasteiger partial charge in [0.05, 0.1) is 5.69 Å². The first kappa shape index (κ1) is 10.5. The van der Waals surface area contributed by atoms with Gasteiger partial charge in [0.1, 0.15) is 0 Å². The largest absolute Gasteiger partial charge is 0.353 e. The van der Waals surface area contributed by atoms with Crippen LogP contribution in [0.4, 0.5) is 5.95 Å². The van der Waals surface area contributed by atoms with E-state index in [1.807, 2.05) is 0 Å². The monoisotopic (exact) mass is 207 g/mol. The van der Waals surface area contributed by atoms with Gasteiger partial charge in [0.2, 0.25) is 5.95 Å². The fourth-order valence-corrected chi connectivity index (χ4v) is 1.99. The number of imidazole rings is 1. The van der Waals surface area contributed by atoms with Gasteiger partial charge in [0, 0.05) is 18.3 Å². The number of nitrogens with one attached hydrogen (secondary N) is 1.